The number of methoxy groups -OCH3 is 1. The Kier molecular flexibility index (Phi) is 8.34. The summed E-state index contributed by atoms with van der Waals surface area (Å²) in [5, 5.41) is 3.92. The molecule has 0 N–H and O–H groups in total. The predicted octanol–water partition coefficient (Wildman–Crippen LogP) is 3.73. The van der Waals surface area contributed by atoms with Crippen LogP contribution in [0.2, 0.25) is 0 Å². The SMILES string of the molecule is COCCOCC(=O)N1CCN(Cc2ccc(-c3noc(-c4cccc(C(F)(F)F)c4)n3)cc2)CC1. The van der Waals surface area contributed by atoms with Gasteiger partial charge in [-0.2, -0.15) is 18.2 Å². The fourth-order valence-corrected chi connectivity index (χ4v) is 3.85. The summed E-state index contributed by atoms with van der Waals surface area (Å²) in [7, 11) is 1.59. The topological polar surface area (TPSA) is 80.9 Å². The molecule has 11 heteroatoms. The summed E-state index contributed by atoms with van der Waals surface area (Å²) in [4.78, 5) is 20.6. The first-order chi connectivity index (χ1) is 17.3. The normalized spacial score (nSPS) is 14.8. The van der Waals surface area contributed by atoms with Gasteiger partial charge in [0.05, 0.1) is 18.8 Å². The third kappa shape index (κ3) is 6.68. The van der Waals surface area contributed by atoms with Gasteiger partial charge in [-0.1, -0.05) is 35.5 Å². The molecule has 1 aliphatic heterocycles. The van der Waals surface area contributed by atoms with Crippen LogP contribution in [0, 0.1) is 0 Å². The molecular weight excluding hydrogens is 477 g/mol. The second-order valence-electron chi connectivity index (χ2n) is 8.40. The van der Waals surface area contributed by atoms with Crippen molar-refractivity contribution in [3.63, 3.8) is 0 Å². The molecule has 8 nitrogen and oxygen atoms in total. The molecule has 36 heavy (non-hydrogen) atoms. The van der Waals surface area contributed by atoms with E-state index in [1.54, 1.807) is 7.11 Å². The quantitative estimate of drug-likeness (QED) is 0.411. The second kappa shape index (κ2) is 11.6. The molecule has 1 amide bonds. The van der Waals surface area contributed by atoms with Gasteiger partial charge >= 0.3 is 6.18 Å². The average molecular weight is 505 g/mol. The van der Waals surface area contributed by atoms with Crippen LogP contribution in [0.1, 0.15) is 11.1 Å². The van der Waals surface area contributed by atoms with Gasteiger partial charge in [0, 0.05) is 51.0 Å². The lowest BCUT2D eigenvalue weighted by molar-refractivity contribution is -0.138. The first-order valence-electron chi connectivity index (χ1n) is 11.5. The van der Waals surface area contributed by atoms with Crippen LogP contribution in [0.5, 0.6) is 0 Å². The molecule has 2 heterocycles. The largest absolute Gasteiger partial charge is 0.416 e. The Morgan fingerprint density at radius 1 is 1.03 bits per heavy atom. The fraction of sp³-hybridized carbons (Fsp3) is 0.400. The summed E-state index contributed by atoms with van der Waals surface area (Å²) in [6.07, 6.45) is -4.45. The van der Waals surface area contributed by atoms with Crippen molar-refractivity contribution in [1.29, 1.82) is 0 Å². The lowest BCUT2D eigenvalue weighted by Crippen LogP contribution is -2.49. The Bertz CT molecular complexity index is 1140. The number of carbonyl (C=O) groups excluding carboxylic acids is 1. The lowest BCUT2D eigenvalue weighted by Gasteiger charge is -2.34. The van der Waals surface area contributed by atoms with Gasteiger partial charge in [-0.3, -0.25) is 9.69 Å². The van der Waals surface area contributed by atoms with E-state index in [0.717, 1.165) is 37.3 Å². The first kappa shape index (κ1) is 25.8. The molecule has 192 valence electrons. The number of amides is 1. The van der Waals surface area contributed by atoms with Crippen LogP contribution < -0.4 is 0 Å². The molecule has 0 radical (unpaired) electrons. The van der Waals surface area contributed by atoms with E-state index in [1.807, 2.05) is 29.2 Å². The molecule has 1 aromatic heterocycles. The van der Waals surface area contributed by atoms with E-state index in [0.29, 0.717) is 37.7 Å². The van der Waals surface area contributed by atoms with E-state index in [2.05, 4.69) is 15.0 Å². The van der Waals surface area contributed by atoms with Crippen molar-refractivity contribution in [2.75, 3.05) is 53.1 Å². The zero-order valence-electron chi connectivity index (χ0n) is 19.8. The van der Waals surface area contributed by atoms with Crippen LogP contribution in [-0.2, 0) is 27.0 Å². The van der Waals surface area contributed by atoms with Gasteiger partial charge in [0.2, 0.25) is 11.7 Å². The van der Waals surface area contributed by atoms with E-state index >= 15 is 0 Å². The third-order valence-corrected chi connectivity index (χ3v) is 5.86. The summed E-state index contributed by atoms with van der Waals surface area (Å²) in [5.74, 6) is 0.310. The number of benzene rings is 2. The first-order valence-corrected chi connectivity index (χ1v) is 11.5. The number of nitrogens with zero attached hydrogens (tertiary/aromatic N) is 4. The van der Waals surface area contributed by atoms with Gasteiger partial charge < -0.3 is 18.9 Å². The molecule has 0 spiro atoms. The van der Waals surface area contributed by atoms with Crippen molar-refractivity contribution < 1.29 is 32.0 Å². The summed E-state index contributed by atoms with van der Waals surface area (Å²) in [6.45, 7) is 4.47. The standard InChI is InChI=1S/C25H27F3N4O4/c1-34-13-14-35-17-22(33)32-11-9-31(10-12-32)16-18-5-7-19(8-6-18)23-29-24(36-30-23)20-3-2-4-21(15-20)25(26,27)28/h2-8,15H,9-14,16-17H2,1H3. The number of carbonyl (C=O) groups is 1. The van der Waals surface area contributed by atoms with Crippen molar-refractivity contribution in [3.05, 3.63) is 59.7 Å². The maximum Gasteiger partial charge on any atom is 0.416 e. The number of hydrogen-bond acceptors (Lipinski definition) is 7. The van der Waals surface area contributed by atoms with Gasteiger partial charge in [0.1, 0.15) is 6.61 Å². The number of rotatable bonds is 9. The van der Waals surface area contributed by atoms with Crippen molar-refractivity contribution in [2.45, 2.75) is 12.7 Å². The van der Waals surface area contributed by atoms with Gasteiger partial charge in [-0.15, -0.1) is 0 Å². The maximum absolute atomic E-state index is 13.0. The molecule has 0 bridgehead atoms. The Morgan fingerprint density at radius 3 is 2.47 bits per heavy atom. The predicted molar refractivity (Wildman–Crippen MR) is 125 cm³/mol. The van der Waals surface area contributed by atoms with Gasteiger partial charge in [0.25, 0.3) is 5.89 Å². The van der Waals surface area contributed by atoms with Crippen molar-refractivity contribution in [3.8, 4) is 22.8 Å². The minimum absolute atomic E-state index is 0.0141. The van der Waals surface area contributed by atoms with E-state index < -0.39 is 11.7 Å². The van der Waals surface area contributed by atoms with E-state index in [1.165, 1.54) is 12.1 Å². The zero-order valence-corrected chi connectivity index (χ0v) is 19.8. The van der Waals surface area contributed by atoms with Crippen molar-refractivity contribution in [1.82, 2.24) is 19.9 Å². The molecule has 1 fully saturated rings. The number of alkyl halides is 3. The zero-order chi connectivity index (χ0) is 25.5. The number of ether oxygens (including phenoxy) is 2. The highest BCUT2D eigenvalue weighted by atomic mass is 19.4. The molecular formula is C25H27F3N4O4. The summed E-state index contributed by atoms with van der Waals surface area (Å²) in [5.41, 5.74) is 1.22. The van der Waals surface area contributed by atoms with Crippen molar-refractivity contribution in [2.24, 2.45) is 0 Å². The smallest absolute Gasteiger partial charge is 0.382 e. The van der Waals surface area contributed by atoms with E-state index in [9.17, 15) is 18.0 Å². The highest BCUT2D eigenvalue weighted by Gasteiger charge is 2.31. The number of aromatic nitrogens is 2. The van der Waals surface area contributed by atoms with Crippen LogP contribution in [0.3, 0.4) is 0 Å². The molecule has 3 aromatic rings. The Balaban J connectivity index is 1.30. The Labute approximate surface area is 206 Å². The minimum atomic E-state index is -4.45. The summed E-state index contributed by atoms with van der Waals surface area (Å²) in [6, 6.07) is 12.4. The Morgan fingerprint density at radius 2 is 1.78 bits per heavy atom. The highest BCUT2D eigenvalue weighted by molar-refractivity contribution is 5.77. The minimum Gasteiger partial charge on any atom is -0.382 e. The highest BCUT2D eigenvalue weighted by Crippen LogP contribution is 2.32. The van der Waals surface area contributed by atoms with Gasteiger partial charge in [0.15, 0.2) is 0 Å². The summed E-state index contributed by atoms with van der Waals surface area (Å²) >= 11 is 0. The molecule has 0 saturated carbocycles. The number of piperazine rings is 1. The van der Waals surface area contributed by atoms with E-state index in [4.69, 9.17) is 14.0 Å². The molecule has 0 aliphatic carbocycles. The number of halogens is 3. The van der Waals surface area contributed by atoms with Gasteiger partial charge in [-0.05, 0) is 23.8 Å². The molecule has 0 unspecified atom stereocenters. The molecule has 1 aliphatic rings. The maximum atomic E-state index is 13.0. The van der Waals surface area contributed by atoms with Crippen LogP contribution in [0.15, 0.2) is 53.1 Å². The Hall–Kier alpha value is -3.28. The van der Waals surface area contributed by atoms with Crippen LogP contribution in [-0.4, -0.2) is 79.0 Å². The molecule has 1 saturated heterocycles. The molecule has 4 rings (SSSR count). The summed E-state index contributed by atoms with van der Waals surface area (Å²) < 4.78 is 54.4. The average Bonchev–Trinajstić information content (AvgIpc) is 3.37. The monoisotopic (exact) mass is 504 g/mol. The van der Waals surface area contributed by atoms with Gasteiger partial charge in [-0.25, -0.2) is 0 Å². The fourth-order valence-electron chi connectivity index (χ4n) is 3.85. The molecule has 2 aromatic carbocycles. The van der Waals surface area contributed by atoms with Crippen LogP contribution >= 0.6 is 0 Å². The second-order valence-corrected chi connectivity index (χ2v) is 8.40. The molecule has 0 atom stereocenters. The lowest BCUT2D eigenvalue weighted by atomic mass is 10.1. The van der Waals surface area contributed by atoms with E-state index in [-0.39, 0.29) is 24.0 Å². The number of hydrogen-bond donors (Lipinski definition) is 0. The van der Waals surface area contributed by atoms with Crippen LogP contribution in [0.25, 0.3) is 22.8 Å². The van der Waals surface area contributed by atoms with Crippen molar-refractivity contribution >= 4 is 5.91 Å². The van der Waals surface area contributed by atoms with Crippen LogP contribution in [0.4, 0.5) is 13.2 Å². The third-order valence-electron chi connectivity index (χ3n) is 5.86.